The van der Waals surface area contributed by atoms with E-state index in [1.54, 1.807) is 0 Å². The number of amides is 2. The first kappa shape index (κ1) is 15.7. The maximum Gasteiger partial charge on any atom is 0.243 e. The molecule has 0 spiro atoms. The summed E-state index contributed by atoms with van der Waals surface area (Å²) in [6.07, 6.45) is 4.51. The molecule has 2 N–H and O–H groups in total. The van der Waals surface area contributed by atoms with Crippen LogP contribution >= 0.6 is 0 Å². The number of hydrogen-bond donors (Lipinski definition) is 2. The molecule has 0 saturated carbocycles. The lowest BCUT2D eigenvalue weighted by Crippen LogP contribution is -2.51. The molecule has 2 rings (SSSR count). The van der Waals surface area contributed by atoms with Crippen LogP contribution in [0.2, 0.25) is 0 Å². The lowest BCUT2D eigenvalue weighted by molar-refractivity contribution is -0.134. The Morgan fingerprint density at radius 3 is 2.62 bits per heavy atom. The molecular formula is C17H24N2O2. The van der Waals surface area contributed by atoms with Crippen molar-refractivity contribution in [3.05, 3.63) is 35.4 Å². The molecule has 1 aliphatic rings. The predicted octanol–water partition coefficient (Wildman–Crippen LogP) is 2.49. The largest absolute Gasteiger partial charge is 0.299 e. The van der Waals surface area contributed by atoms with Gasteiger partial charge in [-0.15, -0.1) is 0 Å². The van der Waals surface area contributed by atoms with E-state index in [2.05, 4.69) is 41.8 Å². The SMILES string of the molecule is CCCCc1ccc(C(C)NC2CCC(=O)NC2=O)cc1. The number of nitrogens with one attached hydrogen (secondary N) is 2. The van der Waals surface area contributed by atoms with Crippen LogP contribution in [0.1, 0.15) is 56.7 Å². The van der Waals surface area contributed by atoms with E-state index in [0.29, 0.717) is 12.8 Å². The minimum Gasteiger partial charge on any atom is -0.299 e. The van der Waals surface area contributed by atoms with Crippen molar-refractivity contribution in [1.29, 1.82) is 0 Å². The highest BCUT2D eigenvalue weighted by atomic mass is 16.2. The first-order chi connectivity index (χ1) is 10.1. The van der Waals surface area contributed by atoms with Gasteiger partial charge in [0.2, 0.25) is 11.8 Å². The van der Waals surface area contributed by atoms with E-state index in [1.807, 2.05) is 6.92 Å². The molecule has 21 heavy (non-hydrogen) atoms. The van der Waals surface area contributed by atoms with E-state index in [-0.39, 0.29) is 23.9 Å². The van der Waals surface area contributed by atoms with E-state index >= 15 is 0 Å². The third-order valence-corrected chi connectivity index (χ3v) is 3.99. The summed E-state index contributed by atoms with van der Waals surface area (Å²) in [5.74, 6) is -0.386. The second-order valence-electron chi connectivity index (χ2n) is 5.74. The molecule has 1 aromatic carbocycles. The van der Waals surface area contributed by atoms with E-state index in [4.69, 9.17) is 0 Å². The van der Waals surface area contributed by atoms with Gasteiger partial charge in [-0.1, -0.05) is 37.6 Å². The minimum atomic E-state index is -0.280. The van der Waals surface area contributed by atoms with Gasteiger partial charge in [-0.3, -0.25) is 20.2 Å². The molecule has 0 radical (unpaired) electrons. The van der Waals surface area contributed by atoms with Gasteiger partial charge < -0.3 is 0 Å². The molecule has 2 amide bonds. The molecule has 1 saturated heterocycles. The quantitative estimate of drug-likeness (QED) is 0.791. The van der Waals surface area contributed by atoms with Crippen LogP contribution in [0, 0.1) is 0 Å². The van der Waals surface area contributed by atoms with Crippen LogP contribution in [-0.4, -0.2) is 17.9 Å². The summed E-state index contributed by atoms with van der Waals surface area (Å²) in [7, 11) is 0. The van der Waals surface area contributed by atoms with Crippen LogP contribution < -0.4 is 10.6 Å². The average molecular weight is 288 g/mol. The summed E-state index contributed by atoms with van der Waals surface area (Å²) >= 11 is 0. The standard InChI is InChI=1S/C17H24N2O2/c1-3-4-5-13-6-8-14(9-7-13)12(2)18-15-10-11-16(20)19-17(15)21/h6-9,12,15,18H,3-5,10-11H2,1-2H3,(H,19,20,21). The van der Waals surface area contributed by atoms with Gasteiger partial charge in [0, 0.05) is 12.5 Å². The summed E-state index contributed by atoms with van der Waals surface area (Å²) in [6.45, 7) is 4.24. The molecule has 0 aromatic heterocycles. The number of imide groups is 1. The lowest BCUT2D eigenvalue weighted by atomic mass is 10.0. The molecular weight excluding hydrogens is 264 g/mol. The molecule has 0 bridgehead atoms. The van der Waals surface area contributed by atoms with Gasteiger partial charge in [0.1, 0.15) is 0 Å². The Balaban J connectivity index is 1.92. The number of carbonyl (C=O) groups is 2. The van der Waals surface area contributed by atoms with Gasteiger partial charge in [-0.25, -0.2) is 0 Å². The first-order valence-corrected chi connectivity index (χ1v) is 7.78. The number of piperidine rings is 1. The molecule has 2 atom stereocenters. The average Bonchev–Trinajstić information content (AvgIpc) is 2.48. The summed E-state index contributed by atoms with van der Waals surface area (Å²) in [5, 5.41) is 5.68. The van der Waals surface area contributed by atoms with Crippen molar-refractivity contribution in [3.8, 4) is 0 Å². The van der Waals surface area contributed by atoms with Crippen molar-refractivity contribution in [2.45, 2.75) is 58.0 Å². The number of unbranched alkanes of at least 4 members (excludes halogenated alkanes) is 1. The Morgan fingerprint density at radius 1 is 1.29 bits per heavy atom. The zero-order chi connectivity index (χ0) is 15.2. The second-order valence-corrected chi connectivity index (χ2v) is 5.74. The van der Waals surface area contributed by atoms with Crippen molar-refractivity contribution >= 4 is 11.8 Å². The molecule has 1 fully saturated rings. The first-order valence-electron chi connectivity index (χ1n) is 7.78. The molecule has 1 heterocycles. The number of carbonyl (C=O) groups excluding carboxylic acids is 2. The van der Waals surface area contributed by atoms with E-state index in [1.165, 1.54) is 24.0 Å². The maximum absolute atomic E-state index is 11.7. The highest BCUT2D eigenvalue weighted by molar-refractivity contribution is 6.00. The van der Waals surface area contributed by atoms with Gasteiger partial charge in [0.25, 0.3) is 0 Å². The fourth-order valence-corrected chi connectivity index (χ4v) is 2.60. The number of benzene rings is 1. The third-order valence-electron chi connectivity index (χ3n) is 3.99. The summed E-state index contributed by atoms with van der Waals surface area (Å²) in [5.41, 5.74) is 2.52. The molecule has 2 unspecified atom stereocenters. The van der Waals surface area contributed by atoms with Crippen molar-refractivity contribution in [1.82, 2.24) is 10.6 Å². The molecule has 114 valence electrons. The fourth-order valence-electron chi connectivity index (χ4n) is 2.60. The molecule has 1 aromatic rings. The van der Waals surface area contributed by atoms with Gasteiger partial charge in [-0.2, -0.15) is 0 Å². The van der Waals surface area contributed by atoms with E-state index in [0.717, 1.165) is 6.42 Å². The molecule has 0 aliphatic carbocycles. The fraction of sp³-hybridized carbons (Fsp3) is 0.529. The van der Waals surface area contributed by atoms with Crippen molar-refractivity contribution in [2.75, 3.05) is 0 Å². The Morgan fingerprint density at radius 2 is 2.00 bits per heavy atom. The minimum absolute atomic E-state index is 0.0918. The zero-order valence-corrected chi connectivity index (χ0v) is 12.8. The van der Waals surface area contributed by atoms with Crippen molar-refractivity contribution in [3.63, 3.8) is 0 Å². The highest BCUT2D eigenvalue weighted by Crippen LogP contribution is 2.17. The Hall–Kier alpha value is -1.68. The summed E-state index contributed by atoms with van der Waals surface area (Å²) < 4.78 is 0. The zero-order valence-electron chi connectivity index (χ0n) is 12.8. The number of rotatable bonds is 6. The second kappa shape index (κ2) is 7.36. The van der Waals surface area contributed by atoms with E-state index in [9.17, 15) is 9.59 Å². The van der Waals surface area contributed by atoms with Crippen LogP contribution in [0.15, 0.2) is 24.3 Å². The van der Waals surface area contributed by atoms with Gasteiger partial charge in [0.05, 0.1) is 6.04 Å². The van der Waals surface area contributed by atoms with Gasteiger partial charge in [-0.05, 0) is 37.3 Å². The third kappa shape index (κ3) is 4.39. The molecule has 1 aliphatic heterocycles. The van der Waals surface area contributed by atoms with E-state index < -0.39 is 0 Å². The summed E-state index contributed by atoms with van der Waals surface area (Å²) in [6, 6.07) is 8.37. The predicted molar refractivity (Wildman–Crippen MR) is 82.8 cm³/mol. The van der Waals surface area contributed by atoms with Crippen LogP contribution in [0.4, 0.5) is 0 Å². The van der Waals surface area contributed by atoms with Crippen LogP contribution in [0.3, 0.4) is 0 Å². The van der Waals surface area contributed by atoms with Crippen LogP contribution in [0.5, 0.6) is 0 Å². The monoisotopic (exact) mass is 288 g/mol. The van der Waals surface area contributed by atoms with Crippen molar-refractivity contribution in [2.24, 2.45) is 0 Å². The maximum atomic E-state index is 11.7. The smallest absolute Gasteiger partial charge is 0.243 e. The van der Waals surface area contributed by atoms with Crippen LogP contribution in [-0.2, 0) is 16.0 Å². The topological polar surface area (TPSA) is 58.2 Å². The number of aryl methyl sites for hydroxylation is 1. The Bertz CT molecular complexity index is 496. The molecule has 4 nitrogen and oxygen atoms in total. The van der Waals surface area contributed by atoms with Crippen molar-refractivity contribution < 1.29 is 9.59 Å². The van der Waals surface area contributed by atoms with Gasteiger partial charge >= 0.3 is 0 Å². The normalized spacial score (nSPS) is 20.2. The molecule has 4 heteroatoms. The Kier molecular flexibility index (Phi) is 5.51. The lowest BCUT2D eigenvalue weighted by Gasteiger charge is -2.25. The van der Waals surface area contributed by atoms with Gasteiger partial charge in [0.15, 0.2) is 0 Å². The summed E-state index contributed by atoms with van der Waals surface area (Å²) in [4.78, 5) is 22.9. The highest BCUT2D eigenvalue weighted by Gasteiger charge is 2.27. The Labute approximate surface area is 126 Å². The van der Waals surface area contributed by atoms with Crippen LogP contribution in [0.25, 0.3) is 0 Å². The number of hydrogen-bond acceptors (Lipinski definition) is 3.